The molecule has 0 spiro atoms. The van der Waals surface area contributed by atoms with Crippen molar-refractivity contribution in [1.82, 2.24) is 14.5 Å². The minimum Gasteiger partial charge on any atom is -0.379 e. The topological polar surface area (TPSA) is 124 Å². The molecule has 1 fully saturated rings. The Bertz CT molecular complexity index is 1310. The van der Waals surface area contributed by atoms with Crippen LogP contribution in [0.5, 0.6) is 0 Å². The van der Waals surface area contributed by atoms with Gasteiger partial charge in [0.15, 0.2) is 0 Å². The molecule has 200 valence electrons. The number of nitrogens with zero attached hydrogens (tertiary/aromatic N) is 4. The third-order valence-electron chi connectivity index (χ3n) is 6.18. The number of urea groups is 1. The molecule has 0 bridgehead atoms. The minimum atomic E-state index is -0.432. The second-order valence-electron chi connectivity index (χ2n) is 10.7. The van der Waals surface area contributed by atoms with E-state index in [1.807, 2.05) is 43.5 Å². The van der Waals surface area contributed by atoms with Gasteiger partial charge in [-0.3, -0.25) is 15.0 Å². The molecule has 0 unspecified atom stereocenters. The summed E-state index contributed by atoms with van der Waals surface area (Å²) in [5.74, 6) is 0.369. The molecule has 1 aromatic heterocycles. The molecule has 3 N–H and O–H groups in total. The lowest BCUT2D eigenvalue weighted by atomic mass is 9.92. The van der Waals surface area contributed by atoms with Crippen LogP contribution in [-0.4, -0.2) is 59.2 Å². The van der Waals surface area contributed by atoms with Crippen molar-refractivity contribution in [2.24, 2.45) is 5.41 Å². The van der Waals surface area contributed by atoms with Gasteiger partial charge >= 0.3 is 6.03 Å². The van der Waals surface area contributed by atoms with Crippen molar-refractivity contribution < 1.29 is 14.3 Å². The molecule has 2 aromatic carbocycles. The maximum absolute atomic E-state index is 12.8. The average Bonchev–Trinajstić information content (AvgIpc) is 3.19. The van der Waals surface area contributed by atoms with Gasteiger partial charge in [0.1, 0.15) is 0 Å². The number of nitriles is 1. The highest BCUT2D eigenvalue weighted by atomic mass is 16.5. The fourth-order valence-electron chi connectivity index (χ4n) is 4.39. The number of imidazole rings is 1. The summed E-state index contributed by atoms with van der Waals surface area (Å²) in [7, 11) is 0. The number of anilines is 3. The lowest BCUT2D eigenvalue weighted by Gasteiger charge is -2.26. The Morgan fingerprint density at radius 3 is 2.39 bits per heavy atom. The van der Waals surface area contributed by atoms with Crippen LogP contribution in [0, 0.1) is 16.7 Å². The number of hydrogen-bond donors (Lipinski definition) is 3. The second kappa shape index (κ2) is 12.1. The van der Waals surface area contributed by atoms with Crippen molar-refractivity contribution in [2.75, 3.05) is 48.8 Å². The molecule has 10 nitrogen and oxygen atoms in total. The number of hydrogen-bond acceptors (Lipinski definition) is 6. The maximum atomic E-state index is 12.8. The van der Waals surface area contributed by atoms with Gasteiger partial charge in [0, 0.05) is 44.0 Å². The molecule has 2 heterocycles. The van der Waals surface area contributed by atoms with Gasteiger partial charge in [-0.1, -0.05) is 20.8 Å². The van der Waals surface area contributed by atoms with Crippen molar-refractivity contribution >= 4 is 40.3 Å². The van der Waals surface area contributed by atoms with Crippen LogP contribution < -0.4 is 16.0 Å². The fourth-order valence-corrected chi connectivity index (χ4v) is 4.39. The number of rotatable bonds is 8. The van der Waals surface area contributed by atoms with Gasteiger partial charge in [-0.2, -0.15) is 5.26 Å². The van der Waals surface area contributed by atoms with Gasteiger partial charge < -0.3 is 19.9 Å². The number of aromatic nitrogens is 2. The van der Waals surface area contributed by atoms with Crippen molar-refractivity contribution in [3.05, 3.63) is 48.0 Å². The summed E-state index contributed by atoms with van der Waals surface area (Å²) < 4.78 is 7.44. The number of aryl methyl sites for hydroxylation is 1. The summed E-state index contributed by atoms with van der Waals surface area (Å²) in [6, 6.07) is 13.9. The van der Waals surface area contributed by atoms with Crippen LogP contribution in [0.4, 0.5) is 22.1 Å². The molecule has 3 aromatic rings. The van der Waals surface area contributed by atoms with Gasteiger partial charge in [-0.25, -0.2) is 9.78 Å². The zero-order valence-electron chi connectivity index (χ0n) is 22.2. The largest absolute Gasteiger partial charge is 0.379 e. The van der Waals surface area contributed by atoms with E-state index in [4.69, 9.17) is 15.0 Å². The first kappa shape index (κ1) is 27.1. The van der Waals surface area contributed by atoms with Gasteiger partial charge in [0.05, 0.1) is 35.9 Å². The van der Waals surface area contributed by atoms with Crippen molar-refractivity contribution in [2.45, 2.75) is 40.2 Å². The number of carbonyl (C=O) groups is 2. The summed E-state index contributed by atoms with van der Waals surface area (Å²) in [5, 5.41) is 17.6. The van der Waals surface area contributed by atoms with Crippen LogP contribution >= 0.6 is 0 Å². The van der Waals surface area contributed by atoms with Gasteiger partial charge in [0.25, 0.3) is 0 Å². The van der Waals surface area contributed by atoms with E-state index in [1.165, 1.54) is 0 Å². The number of fused-ring (bicyclic) bond motifs is 1. The smallest absolute Gasteiger partial charge is 0.326 e. The van der Waals surface area contributed by atoms with Gasteiger partial charge in [0.2, 0.25) is 11.9 Å². The summed E-state index contributed by atoms with van der Waals surface area (Å²) in [6.45, 7) is 11.0. The normalized spacial score (nSPS) is 14.2. The van der Waals surface area contributed by atoms with E-state index >= 15 is 0 Å². The number of ether oxygens (including phenoxy) is 1. The van der Waals surface area contributed by atoms with E-state index in [0.29, 0.717) is 41.4 Å². The van der Waals surface area contributed by atoms with Crippen LogP contribution in [0.2, 0.25) is 0 Å². The predicted molar refractivity (Wildman–Crippen MR) is 148 cm³/mol. The number of benzene rings is 2. The maximum Gasteiger partial charge on any atom is 0.326 e. The van der Waals surface area contributed by atoms with Crippen molar-refractivity contribution in [3.8, 4) is 6.07 Å². The van der Waals surface area contributed by atoms with Crippen molar-refractivity contribution in [3.63, 3.8) is 0 Å². The lowest BCUT2D eigenvalue weighted by Crippen LogP contribution is -2.37. The summed E-state index contributed by atoms with van der Waals surface area (Å²) in [4.78, 5) is 32.3. The zero-order chi connectivity index (χ0) is 27.1. The molecule has 10 heteroatoms. The number of morpholine rings is 1. The molecule has 0 radical (unpaired) electrons. The summed E-state index contributed by atoms with van der Waals surface area (Å²) in [5.41, 5.74) is 3.19. The molecule has 38 heavy (non-hydrogen) atoms. The molecule has 0 atom stereocenters. The van der Waals surface area contributed by atoms with Gasteiger partial charge in [-0.05, 0) is 54.3 Å². The molecule has 4 rings (SSSR count). The lowest BCUT2D eigenvalue weighted by molar-refractivity contribution is -0.117. The molecule has 1 saturated heterocycles. The number of carbonyl (C=O) groups excluding carboxylic acids is 2. The third-order valence-corrected chi connectivity index (χ3v) is 6.18. The van der Waals surface area contributed by atoms with Gasteiger partial charge in [-0.15, -0.1) is 0 Å². The first-order valence-corrected chi connectivity index (χ1v) is 12.9. The molecular weight excluding hydrogens is 482 g/mol. The SMILES string of the molecule is CC(C)(C)CC(=O)Nc1ccc2c(c1)nc(NC(=O)Nc1ccc(C#N)cc1)n2CCCN1CCOCC1. The highest BCUT2D eigenvalue weighted by Gasteiger charge is 2.18. The standard InChI is InChI=1S/C28H35N7O3/c1-28(2,3)18-25(36)30-22-9-10-24-23(17-22)32-26(35(24)12-4-11-34-13-15-38-16-14-34)33-27(37)31-21-7-5-20(19-29)6-8-21/h5-10,17H,4,11-16,18H2,1-3H3,(H,30,36)(H2,31,32,33,37). The second-order valence-corrected chi connectivity index (χ2v) is 10.7. The molecular formula is C28H35N7O3. The van der Waals surface area contributed by atoms with E-state index in [-0.39, 0.29) is 11.3 Å². The Hall–Kier alpha value is -3.94. The highest BCUT2D eigenvalue weighted by molar-refractivity contribution is 6.00. The minimum absolute atomic E-state index is 0.0538. The Balaban J connectivity index is 1.52. The van der Waals surface area contributed by atoms with E-state index in [2.05, 4.69) is 26.9 Å². The molecule has 0 aliphatic carbocycles. The number of nitrogens with one attached hydrogen (secondary N) is 3. The van der Waals surface area contributed by atoms with Crippen LogP contribution in [-0.2, 0) is 16.1 Å². The first-order chi connectivity index (χ1) is 18.2. The average molecular weight is 518 g/mol. The Morgan fingerprint density at radius 2 is 1.71 bits per heavy atom. The fraction of sp³-hybridized carbons (Fsp3) is 0.429. The van der Waals surface area contributed by atoms with E-state index in [1.54, 1.807) is 24.3 Å². The van der Waals surface area contributed by atoms with Crippen LogP contribution in [0.3, 0.4) is 0 Å². The van der Waals surface area contributed by atoms with Crippen LogP contribution in [0.1, 0.15) is 39.2 Å². The highest BCUT2D eigenvalue weighted by Crippen LogP contribution is 2.25. The molecule has 0 saturated carbocycles. The van der Waals surface area contributed by atoms with Crippen molar-refractivity contribution in [1.29, 1.82) is 5.26 Å². The summed E-state index contributed by atoms with van der Waals surface area (Å²) in [6.07, 6.45) is 1.28. The van der Waals surface area contributed by atoms with Crippen LogP contribution in [0.15, 0.2) is 42.5 Å². The third kappa shape index (κ3) is 7.54. The molecule has 1 aliphatic rings. The van der Waals surface area contributed by atoms with E-state index < -0.39 is 6.03 Å². The predicted octanol–water partition coefficient (Wildman–Crippen LogP) is 4.65. The first-order valence-electron chi connectivity index (χ1n) is 12.9. The quantitative estimate of drug-likeness (QED) is 0.400. The van der Waals surface area contributed by atoms with Crippen LogP contribution in [0.25, 0.3) is 11.0 Å². The summed E-state index contributed by atoms with van der Waals surface area (Å²) >= 11 is 0. The molecule has 1 aliphatic heterocycles. The Morgan fingerprint density at radius 1 is 1.00 bits per heavy atom. The molecule has 3 amide bonds. The van der Waals surface area contributed by atoms with E-state index in [0.717, 1.165) is 44.8 Å². The number of amides is 3. The van der Waals surface area contributed by atoms with E-state index in [9.17, 15) is 9.59 Å². The Kier molecular flexibility index (Phi) is 8.61. The zero-order valence-corrected chi connectivity index (χ0v) is 22.2. The monoisotopic (exact) mass is 517 g/mol. The Labute approximate surface area is 223 Å².